The molecule has 0 fully saturated rings. The van der Waals surface area contributed by atoms with Gasteiger partial charge in [0.2, 0.25) is 11.3 Å². The van der Waals surface area contributed by atoms with Gasteiger partial charge in [-0.25, -0.2) is 18.1 Å². The minimum atomic E-state index is -2.05. The van der Waals surface area contributed by atoms with Gasteiger partial charge in [0.25, 0.3) is 0 Å². The fourth-order valence-corrected chi connectivity index (χ4v) is 2.52. The number of aromatic carboxylic acids is 1. The Hall–Kier alpha value is -2.29. The summed E-state index contributed by atoms with van der Waals surface area (Å²) in [6.07, 6.45) is 0.526. The van der Waals surface area contributed by atoms with Crippen molar-refractivity contribution in [2.24, 2.45) is 0 Å². The second-order valence-corrected chi connectivity index (χ2v) is 5.71. The van der Waals surface area contributed by atoms with Crippen LogP contribution in [0.2, 0.25) is 0 Å². The summed E-state index contributed by atoms with van der Waals surface area (Å²) in [7, 11) is 1.28. The summed E-state index contributed by atoms with van der Waals surface area (Å²) in [6, 6.07) is 9.13. The van der Waals surface area contributed by atoms with E-state index in [9.17, 15) is 18.5 Å². The number of carboxylic acid groups (broad SMARTS) is 1. The smallest absolute Gasteiger partial charge is 0.339 e. The maximum Gasteiger partial charge on any atom is 0.339 e. The summed E-state index contributed by atoms with van der Waals surface area (Å²) < 4.78 is 40.6. The molecule has 2 aromatic rings. The fourth-order valence-electron chi connectivity index (χ4n) is 2.25. The zero-order valence-corrected chi connectivity index (χ0v) is 13.6. The minimum Gasteiger partial charge on any atom is -0.496 e. The maximum atomic E-state index is 14.2. The molecule has 128 valence electrons. The third kappa shape index (κ3) is 4.38. The molecule has 1 atom stereocenters. The summed E-state index contributed by atoms with van der Waals surface area (Å²) in [5.74, 6) is -1.82. The molecular formula is C16H16FNO5S. The first-order chi connectivity index (χ1) is 11.4. The van der Waals surface area contributed by atoms with Crippen LogP contribution in [0.15, 0.2) is 36.4 Å². The van der Waals surface area contributed by atoms with Crippen molar-refractivity contribution >= 4 is 17.2 Å². The lowest BCUT2D eigenvalue weighted by molar-refractivity contribution is 0.0693. The molecule has 0 aromatic heterocycles. The van der Waals surface area contributed by atoms with Crippen molar-refractivity contribution in [2.75, 3.05) is 13.7 Å². The first kappa shape index (κ1) is 18.1. The van der Waals surface area contributed by atoms with Crippen LogP contribution in [0.5, 0.6) is 5.75 Å². The Labute approximate surface area is 140 Å². The minimum absolute atomic E-state index is 0.0385. The molecule has 3 N–H and O–H groups in total. The van der Waals surface area contributed by atoms with E-state index in [1.165, 1.54) is 13.2 Å². The number of methoxy groups -OCH3 is 1. The molecular weight excluding hydrogens is 337 g/mol. The molecule has 0 amide bonds. The van der Waals surface area contributed by atoms with Gasteiger partial charge in [-0.05, 0) is 23.6 Å². The molecule has 2 aromatic carbocycles. The lowest BCUT2D eigenvalue weighted by Crippen LogP contribution is -2.18. The molecule has 0 aliphatic rings. The van der Waals surface area contributed by atoms with E-state index in [0.717, 1.165) is 11.6 Å². The van der Waals surface area contributed by atoms with Crippen LogP contribution in [0.1, 0.15) is 15.9 Å². The number of rotatable bonds is 7. The highest BCUT2D eigenvalue weighted by molar-refractivity contribution is 7.77. The van der Waals surface area contributed by atoms with Gasteiger partial charge in [-0.3, -0.25) is 4.55 Å². The molecule has 0 radical (unpaired) electrons. The highest BCUT2D eigenvalue weighted by atomic mass is 32.2. The summed E-state index contributed by atoms with van der Waals surface area (Å²) in [4.78, 5) is 11.2. The van der Waals surface area contributed by atoms with Gasteiger partial charge in [-0.15, -0.1) is 0 Å². The average molecular weight is 353 g/mol. The molecule has 24 heavy (non-hydrogen) atoms. The molecule has 0 saturated heterocycles. The van der Waals surface area contributed by atoms with E-state index in [0.29, 0.717) is 18.5 Å². The topological polar surface area (TPSA) is 95.9 Å². The molecule has 2 rings (SSSR count). The van der Waals surface area contributed by atoms with Gasteiger partial charge >= 0.3 is 5.97 Å². The Balaban J connectivity index is 2.26. The van der Waals surface area contributed by atoms with Crippen molar-refractivity contribution in [2.45, 2.75) is 6.42 Å². The number of hydrogen-bond donors (Lipinski definition) is 3. The van der Waals surface area contributed by atoms with Crippen LogP contribution in [0.25, 0.3) is 11.1 Å². The molecule has 6 nitrogen and oxygen atoms in total. The van der Waals surface area contributed by atoms with Crippen molar-refractivity contribution < 1.29 is 27.8 Å². The number of nitrogens with one attached hydrogen (secondary N) is 1. The van der Waals surface area contributed by atoms with Crippen LogP contribution < -0.4 is 9.46 Å². The van der Waals surface area contributed by atoms with Gasteiger partial charge in [0.1, 0.15) is 17.1 Å². The number of halogens is 1. The monoisotopic (exact) mass is 353 g/mol. The number of benzene rings is 2. The van der Waals surface area contributed by atoms with Crippen LogP contribution in [0.4, 0.5) is 4.39 Å². The summed E-state index contributed by atoms with van der Waals surface area (Å²) >= 11 is -2.05. The third-order valence-electron chi connectivity index (χ3n) is 3.42. The standard InChI is InChI=1S/C16H16FNO5S/c1-23-15-9-14(17)12(8-13(15)16(19)20)11-4-2-10(3-5-11)6-7-18-24(21)22/h2-5,8-9,18H,6-7H2,1H3,(H,19,20)(H,21,22). The van der Waals surface area contributed by atoms with Gasteiger partial charge in [0.05, 0.1) is 7.11 Å². The molecule has 8 heteroatoms. The van der Waals surface area contributed by atoms with Crippen LogP contribution in [-0.4, -0.2) is 33.5 Å². The molecule has 0 aliphatic heterocycles. The largest absolute Gasteiger partial charge is 0.496 e. The second kappa shape index (κ2) is 8.00. The molecule has 1 unspecified atom stereocenters. The first-order valence-corrected chi connectivity index (χ1v) is 8.07. The van der Waals surface area contributed by atoms with E-state index in [1.807, 2.05) is 0 Å². The van der Waals surface area contributed by atoms with Crippen LogP contribution >= 0.6 is 0 Å². The highest BCUT2D eigenvalue weighted by Gasteiger charge is 2.16. The summed E-state index contributed by atoms with van der Waals surface area (Å²) in [5.41, 5.74) is 1.46. The summed E-state index contributed by atoms with van der Waals surface area (Å²) in [6.45, 7) is 0.322. The molecule has 0 heterocycles. The second-order valence-electron chi connectivity index (χ2n) is 4.93. The molecule has 0 aliphatic carbocycles. The van der Waals surface area contributed by atoms with E-state index in [1.54, 1.807) is 24.3 Å². The van der Waals surface area contributed by atoms with Gasteiger partial charge < -0.3 is 9.84 Å². The van der Waals surface area contributed by atoms with E-state index in [-0.39, 0.29) is 16.9 Å². The Morgan fingerprint density at radius 2 is 1.96 bits per heavy atom. The fraction of sp³-hybridized carbons (Fsp3) is 0.188. The highest BCUT2D eigenvalue weighted by Crippen LogP contribution is 2.30. The quantitative estimate of drug-likeness (QED) is 0.665. The van der Waals surface area contributed by atoms with Gasteiger partial charge in [0.15, 0.2) is 0 Å². The number of carbonyl (C=O) groups is 1. The lowest BCUT2D eigenvalue weighted by atomic mass is 10.00. The van der Waals surface area contributed by atoms with Crippen LogP contribution in [-0.2, 0) is 17.7 Å². The van der Waals surface area contributed by atoms with E-state index >= 15 is 0 Å². The van der Waals surface area contributed by atoms with Crippen molar-refractivity contribution in [1.82, 2.24) is 4.72 Å². The van der Waals surface area contributed by atoms with E-state index in [4.69, 9.17) is 9.29 Å². The summed E-state index contributed by atoms with van der Waals surface area (Å²) in [5, 5.41) is 9.19. The Bertz CT molecular complexity index is 764. The van der Waals surface area contributed by atoms with Gasteiger partial charge in [-0.2, -0.15) is 0 Å². The van der Waals surface area contributed by atoms with Gasteiger partial charge in [-0.1, -0.05) is 24.3 Å². The Morgan fingerprint density at radius 1 is 1.29 bits per heavy atom. The van der Waals surface area contributed by atoms with Gasteiger partial charge in [0, 0.05) is 18.2 Å². The number of ether oxygens (including phenoxy) is 1. The number of carboxylic acids is 1. The Morgan fingerprint density at radius 3 is 2.50 bits per heavy atom. The SMILES string of the molecule is COc1cc(F)c(-c2ccc(CCNS(=O)O)cc2)cc1C(=O)O. The van der Waals surface area contributed by atoms with Crippen LogP contribution in [0, 0.1) is 5.82 Å². The van der Waals surface area contributed by atoms with Crippen LogP contribution in [0.3, 0.4) is 0 Å². The first-order valence-electron chi connectivity index (χ1n) is 6.97. The van der Waals surface area contributed by atoms with E-state index < -0.39 is 23.1 Å². The predicted octanol–water partition coefficient (Wildman–Crippen LogP) is 2.47. The van der Waals surface area contributed by atoms with E-state index in [2.05, 4.69) is 4.72 Å². The normalized spacial score (nSPS) is 12.0. The van der Waals surface area contributed by atoms with Crippen molar-refractivity contribution in [1.29, 1.82) is 0 Å². The molecule has 0 spiro atoms. The lowest BCUT2D eigenvalue weighted by Gasteiger charge is -2.10. The van der Waals surface area contributed by atoms with Crippen molar-refractivity contribution in [3.8, 4) is 16.9 Å². The predicted molar refractivity (Wildman–Crippen MR) is 87.8 cm³/mol. The van der Waals surface area contributed by atoms with Crippen molar-refractivity contribution in [3.05, 3.63) is 53.3 Å². The number of hydrogen-bond acceptors (Lipinski definition) is 3. The zero-order chi connectivity index (χ0) is 17.7. The maximum absolute atomic E-state index is 14.2. The molecule has 0 bridgehead atoms. The Kier molecular flexibility index (Phi) is 6.02. The zero-order valence-electron chi connectivity index (χ0n) is 12.8. The van der Waals surface area contributed by atoms with Crippen molar-refractivity contribution in [3.63, 3.8) is 0 Å². The average Bonchev–Trinajstić information content (AvgIpc) is 2.54. The third-order valence-corrected chi connectivity index (χ3v) is 3.87. The molecule has 0 saturated carbocycles.